The summed E-state index contributed by atoms with van der Waals surface area (Å²) in [6.45, 7) is 13.5. The molecule has 1 aromatic carbocycles. The molecule has 0 heterocycles. The second kappa shape index (κ2) is 5.95. The van der Waals surface area contributed by atoms with Gasteiger partial charge in [0, 0.05) is 10.2 Å². The number of benzene rings is 1. The normalized spacial score (nSPS) is 24.5. The van der Waals surface area contributed by atoms with E-state index < -0.39 is 0 Å². The largest absolute Gasteiger partial charge is 0.489 e. The molecule has 118 valence electrons. The molecule has 1 aliphatic rings. The van der Waals surface area contributed by atoms with Crippen molar-refractivity contribution in [1.29, 1.82) is 0 Å². The Hall–Kier alpha value is -0.500. The second-order valence-electron chi connectivity index (χ2n) is 7.50. The summed E-state index contributed by atoms with van der Waals surface area (Å²) < 4.78 is 6.50. The summed E-state index contributed by atoms with van der Waals surface area (Å²) in [5, 5.41) is 0. The first-order valence-corrected chi connectivity index (χ1v) is 9.08. The maximum Gasteiger partial charge on any atom is 0.123 e. The molecule has 0 aliphatic heterocycles. The zero-order valence-electron chi connectivity index (χ0n) is 14.3. The van der Waals surface area contributed by atoms with Crippen LogP contribution in [0.1, 0.15) is 65.0 Å². The van der Waals surface area contributed by atoms with Crippen molar-refractivity contribution < 1.29 is 4.74 Å². The standard InChI is InChI=1S/C19H29BrO/c1-7-19(8-2)16(20)12-17(19)21-15-10-9-13(3)11-14(15)18(4,5)6/h9-11,16-17H,7-8,12H2,1-6H3. The van der Waals surface area contributed by atoms with E-state index in [9.17, 15) is 0 Å². The van der Waals surface area contributed by atoms with E-state index in [-0.39, 0.29) is 5.41 Å². The Morgan fingerprint density at radius 2 is 1.86 bits per heavy atom. The van der Waals surface area contributed by atoms with Gasteiger partial charge in [-0.1, -0.05) is 68.2 Å². The number of rotatable bonds is 4. The van der Waals surface area contributed by atoms with Gasteiger partial charge in [0.1, 0.15) is 11.9 Å². The summed E-state index contributed by atoms with van der Waals surface area (Å²) in [5.41, 5.74) is 3.03. The Labute approximate surface area is 138 Å². The van der Waals surface area contributed by atoms with Crippen molar-refractivity contribution in [3.8, 4) is 5.75 Å². The fraction of sp³-hybridized carbons (Fsp3) is 0.684. The molecular formula is C19H29BrO. The Morgan fingerprint density at radius 1 is 1.24 bits per heavy atom. The molecule has 0 saturated heterocycles. The number of alkyl halides is 1. The summed E-state index contributed by atoms with van der Waals surface area (Å²) in [6.07, 6.45) is 3.78. The molecule has 1 fully saturated rings. The van der Waals surface area contributed by atoms with Crippen molar-refractivity contribution >= 4 is 15.9 Å². The number of ether oxygens (including phenoxy) is 1. The van der Waals surface area contributed by atoms with Gasteiger partial charge in [-0.2, -0.15) is 0 Å². The van der Waals surface area contributed by atoms with E-state index in [0.717, 1.165) is 12.2 Å². The van der Waals surface area contributed by atoms with Crippen LogP contribution in [0.4, 0.5) is 0 Å². The molecule has 0 bridgehead atoms. The summed E-state index contributed by atoms with van der Waals surface area (Å²) >= 11 is 3.85. The van der Waals surface area contributed by atoms with E-state index in [1.54, 1.807) is 0 Å². The van der Waals surface area contributed by atoms with E-state index >= 15 is 0 Å². The topological polar surface area (TPSA) is 9.23 Å². The molecule has 2 atom stereocenters. The van der Waals surface area contributed by atoms with Crippen LogP contribution in [-0.4, -0.2) is 10.9 Å². The zero-order chi connectivity index (χ0) is 15.8. The number of hydrogen-bond acceptors (Lipinski definition) is 1. The lowest BCUT2D eigenvalue weighted by atomic mass is 9.62. The number of aryl methyl sites for hydroxylation is 1. The summed E-state index contributed by atoms with van der Waals surface area (Å²) in [7, 11) is 0. The highest BCUT2D eigenvalue weighted by atomic mass is 79.9. The van der Waals surface area contributed by atoms with Crippen molar-refractivity contribution in [2.24, 2.45) is 5.41 Å². The van der Waals surface area contributed by atoms with Gasteiger partial charge in [-0.3, -0.25) is 0 Å². The van der Waals surface area contributed by atoms with Crippen LogP contribution >= 0.6 is 15.9 Å². The van der Waals surface area contributed by atoms with Crippen LogP contribution in [0.15, 0.2) is 18.2 Å². The van der Waals surface area contributed by atoms with Gasteiger partial charge >= 0.3 is 0 Å². The predicted molar refractivity (Wildman–Crippen MR) is 94.6 cm³/mol. The minimum absolute atomic E-state index is 0.111. The average Bonchev–Trinajstić information content (AvgIpc) is 2.40. The SMILES string of the molecule is CCC1(CC)C(Br)CC1Oc1ccc(C)cc1C(C)(C)C. The quantitative estimate of drug-likeness (QED) is 0.602. The molecule has 0 radical (unpaired) electrons. The lowest BCUT2D eigenvalue weighted by Crippen LogP contribution is -2.56. The molecule has 0 spiro atoms. The van der Waals surface area contributed by atoms with Crippen molar-refractivity contribution in [2.75, 3.05) is 0 Å². The van der Waals surface area contributed by atoms with Gasteiger partial charge in [0.15, 0.2) is 0 Å². The van der Waals surface area contributed by atoms with Crippen molar-refractivity contribution in [3.05, 3.63) is 29.3 Å². The monoisotopic (exact) mass is 352 g/mol. The number of hydrogen-bond donors (Lipinski definition) is 0. The fourth-order valence-electron chi connectivity index (χ4n) is 3.50. The Kier molecular flexibility index (Phi) is 4.78. The van der Waals surface area contributed by atoms with Crippen LogP contribution in [0, 0.1) is 12.3 Å². The minimum Gasteiger partial charge on any atom is -0.489 e. The van der Waals surface area contributed by atoms with Gasteiger partial charge in [0.25, 0.3) is 0 Å². The minimum atomic E-state index is 0.111. The Balaban J connectivity index is 2.29. The lowest BCUT2D eigenvalue weighted by molar-refractivity contribution is -0.0419. The first kappa shape index (κ1) is 16.9. The third-order valence-electron chi connectivity index (χ3n) is 5.21. The highest BCUT2D eigenvalue weighted by Gasteiger charge is 2.53. The molecular weight excluding hydrogens is 324 g/mol. The Bertz CT molecular complexity index is 497. The third kappa shape index (κ3) is 3.02. The molecule has 1 aliphatic carbocycles. The van der Waals surface area contributed by atoms with E-state index in [1.165, 1.54) is 24.0 Å². The van der Waals surface area contributed by atoms with Gasteiger partial charge in [-0.15, -0.1) is 0 Å². The van der Waals surface area contributed by atoms with Crippen LogP contribution in [0.3, 0.4) is 0 Å². The van der Waals surface area contributed by atoms with E-state index in [0.29, 0.717) is 16.3 Å². The van der Waals surface area contributed by atoms with E-state index in [4.69, 9.17) is 4.74 Å². The predicted octanol–water partition coefficient (Wildman–Crippen LogP) is 6.01. The van der Waals surface area contributed by atoms with Gasteiger partial charge in [0.2, 0.25) is 0 Å². The van der Waals surface area contributed by atoms with Crippen molar-refractivity contribution in [1.82, 2.24) is 0 Å². The first-order valence-electron chi connectivity index (χ1n) is 8.16. The van der Waals surface area contributed by atoms with Gasteiger partial charge in [-0.25, -0.2) is 0 Å². The summed E-state index contributed by atoms with van der Waals surface area (Å²) in [4.78, 5) is 0.591. The summed E-state index contributed by atoms with van der Waals surface area (Å²) in [5.74, 6) is 1.07. The molecule has 2 rings (SSSR count). The highest BCUT2D eigenvalue weighted by Crippen LogP contribution is 2.53. The Morgan fingerprint density at radius 3 is 2.33 bits per heavy atom. The van der Waals surface area contributed by atoms with Crippen molar-refractivity contribution in [3.63, 3.8) is 0 Å². The molecule has 1 aromatic rings. The maximum absolute atomic E-state index is 6.50. The van der Waals surface area contributed by atoms with Crippen LogP contribution in [0.2, 0.25) is 0 Å². The molecule has 1 nitrogen and oxygen atoms in total. The van der Waals surface area contributed by atoms with Gasteiger partial charge < -0.3 is 4.74 Å². The smallest absolute Gasteiger partial charge is 0.123 e. The molecule has 0 amide bonds. The zero-order valence-corrected chi connectivity index (χ0v) is 15.9. The molecule has 1 saturated carbocycles. The van der Waals surface area contributed by atoms with E-state index in [1.807, 2.05) is 0 Å². The maximum atomic E-state index is 6.50. The molecule has 21 heavy (non-hydrogen) atoms. The first-order chi connectivity index (χ1) is 9.74. The molecule has 2 heteroatoms. The van der Waals surface area contributed by atoms with E-state index in [2.05, 4.69) is 75.7 Å². The number of halogens is 1. The van der Waals surface area contributed by atoms with Crippen LogP contribution in [0.25, 0.3) is 0 Å². The average molecular weight is 353 g/mol. The highest BCUT2D eigenvalue weighted by molar-refractivity contribution is 9.09. The summed E-state index contributed by atoms with van der Waals surface area (Å²) in [6, 6.07) is 6.60. The molecule has 0 aromatic heterocycles. The molecule has 0 N–H and O–H groups in total. The van der Waals surface area contributed by atoms with Crippen LogP contribution in [-0.2, 0) is 5.41 Å². The van der Waals surface area contributed by atoms with Crippen LogP contribution < -0.4 is 4.74 Å². The lowest BCUT2D eigenvalue weighted by Gasteiger charge is -2.53. The third-order valence-corrected chi connectivity index (χ3v) is 6.50. The van der Waals surface area contributed by atoms with Gasteiger partial charge in [-0.05, 0) is 43.2 Å². The fourth-order valence-corrected chi connectivity index (χ4v) is 4.78. The molecule has 2 unspecified atom stereocenters. The second-order valence-corrected chi connectivity index (χ2v) is 8.60. The van der Waals surface area contributed by atoms with Crippen molar-refractivity contribution in [2.45, 2.75) is 77.2 Å². The van der Waals surface area contributed by atoms with Gasteiger partial charge in [0.05, 0.1) is 0 Å². The van der Waals surface area contributed by atoms with Crippen LogP contribution in [0.5, 0.6) is 5.75 Å².